The summed E-state index contributed by atoms with van der Waals surface area (Å²) in [6.07, 6.45) is 3.24. The van der Waals surface area contributed by atoms with Gasteiger partial charge in [-0.2, -0.15) is 0 Å². The van der Waals surface area contributed by atoms with Gasteiger partial charge in [0.25, 0.3) is 0 Å². The first kappa shape index (κ1) is 15.7. The van der Waals surface area contributed by atoms with Crippen LogP contribution in [0.2, 0.25) is 0 Å². The van der Waals surface area contributed by atoms with E-state index in [2.05, 4.69) is 50.1 Å². The lowest BCUT2D eigenvalue weighted by molar-refractivity contribution is 0.0631. The van der Waals surface area contributed by atoms with Crippen molar-refractivity contribution in [1.29, 1.82) is 0 Å². The molecule has 0 amide bonds. The Morgan fingerprint density at radius 2 is 1.83 bits per heavy atom. The molecule has 0 saturated heterocycles. The number of thiophene rings is 1. The minimum atomic E-state index is 0.146. The fourth-order valence-electron chi connectivity index (χ4n) is 3.14. The molecule has 0 saturated carbocycles. The van der Waals surface area contributed by atoms with Crippen LogP contribution in [0.25, 0.3) is 0 Å². The van der Waals surface area contributed by atoms with Gasteiger partial charge >= 0.3 is 0 Å². The van der Waals surface area contributed by atoms with Crippen LogP contribution in [0.5, 0.6) is 0 Å². The molecule has 0 bridgehead atoms. The minimum absolute atomic E-state index is 0.146. The Bertz CT molecular complexity index is 313. The molecule has 3 heteroatoms. The van der Waals surface area contributed by atoms with Gasteiger partial charge in [-0.15, -0.1) is 11.3 Å². The van der Waals surface area contributed by atoms with Crippen molar-refractivity contribution in [2.45, 2.75) is 58.5 Å². The molecule has 18 heavy (non-hydrogen) atoms. The van der Waals surface area contributed by atoms with Gasteiger partial charge in [-0.3, -0.25) is 4.90 Å². The molecule has 0 spiro atoms. The van der Waals surface area contributed by atoms with Gasteiger partial charge in [0.1, 0.15) is 0 Å². The summed E-state index contributed by atoms with van der Waals surface area (Å²) in [6, 6.07) is 4.53. The number of nitrogens with two attached hydrogens (primary N) is 1. The standard InChI is InChI=1S/C15H28N2S/c1-5-15(6-2,17(7-3)8-4)14(16)12-13-10-9-11-18-13/h9-11,14H,5-8,12,16H2,1-4H3. The summed E-state index contributed by atoms with van der Waals surface area (Å²) in [5.41, 5.74) is 6.73. The van der Waals surface area contributed by atoms with Gasteiger partial charge in [0.2, 0.25) is 0 Å². The van der Waals surface area contributed by atoms with E-state index in [0.717, 1.165) is 32.4 Å². The van der Waals surface area contributed by atoms with Crippen molar-refractivity contribution in [3.8, 4) is 0 Å². The average Bonchev–Trinajstić information content (AvgIpc) is 2.88. The summed E-state index contributed by atoms with van der Waals surface area (Å²) in [6.45, 7) is 11.2. The SMILES string of the molecule is CCN(CC)C(CC)(CC)C(N)Cc1cccs1. The molecule has 2 N–H and O–H groups in total. The van der Waals surface area contributed by atoms with Crippen LogP contribution in [0.1, 0.15) is 45.4 Å². The van der Waals surface area contributed by atoms with Crippen LogP contribution in [0, 0.1) is 0 Å². The summed E-state index contributed by atoms with van der Waals surface area (Å²) in [5, 5.41) is 2.14. The zero-order valence-electron chi connectivity index (χ0n) is 12.3. The molecule has 0 aliphatic carbocycles. The Hall–Kier alpha value is -0.380. The molecular formula is C15H28N2S. The van der Waals surface area contributed by atoms with Crippen molar-refractivity contribution < 1.29 is 0 Å². The lowest BCUT2D eigenvalue weighted by atomic mass is 9.81. The van der Waals surface area contributed by atoms with Gasteiger partial charge < -0.3 is 5.73 Å². The lowest BCUT2D eigenvalue weighted by Gasteiger charge is -2.46. The summed E-state index contributed by atoms with van der Waals surface area (Å²) in [5.74, 6) is 0. The van der Waals surface area contributed by atoms with E-state index in [9.17, 15) is 0 Å². The highest BCUT2D eigenvalue weighted by atomic mass is 32.1. The van der Waals surface area contributed by atoms with Crippen molar-refractivity contribution in [2.24, 2.45) is 5.73 Å². The Balaban J connectivity index is 2.88. The highest BCUT2D eigenvalue weighted by Crippen LogP contribution is 2.29. The summed E-state index contributed by atoms with van der Waals surface area (Å²) >= 11 is 1.82. The number of hydrogen-bond acceptors (Lipinski definition) is 3. The highest BCUT2D eigenvalue weighted by Gasteiger charge is 2.37. The molecule has 0 radical (unpaired) electrons. The molecule has 1 heterocycles. The average molecular weight is 268 g/mol. The molecule has 0 aliphatic rings. The zero-order valence-corrected chi connectivity index (χ0v) is 13.1. The van der Waals surface area contributed by atoms with Crippen molar-refractivity contribution in [2.75, 3.05) is 13.1 Å². The third-order valence-corrected chi connectivity index (χ3v) is 5.21. The number of hydrogen-bond donors (Lipinski definition) is 1. The Morgan fingerprint density at radius 3 is 2.22 bits per heavy atom. The quantitative estimate of drug-likeness (QED) is 0.781. The molecule has 1 atom stereocenters. The Morgan fingerprint density at radius 1 is 1.22 bits per heavy atom. The molecule has 1 rings (SSSR count). The van der Waals surface area contributed by atoms with Gasteiger partial charge in [-0.25, -0.2) is 0 Å². The third-order valence-electron chi connectivity index (χ3n) is 4.31. The van der Waals surface area contributed by atoms with E-state index in [-0.39, 0.29) is 11.6 Å². The van der Waals surface area contributed by atoms with Crippen molar-refractivity contribution in [3.63, 3.8) is 0 Å². The van der Waals surface area contributed by atoms with Crippen LogP contribution in [-0.2, 0) is 6.42 Å². The zero-order chi connectivity index (χ0) is 13.6. The van der Waals surface area contributed by atoms with E-state index in [1.807, 2.05) is 11.3 Å². The predicted octanol–water partition coefficient (Wildman–Crippen LogP) is 3.52. The topological polar surface area (TPSA) is 29.3 Å². The summed E-state index contributed by atoms with van der Waals surface area (Å²) in [4.78, 5) is 3.95. The number of likely N-dealkylation sites (N-methyl/N-ethyl adjacent to an activating group) is 1. The first-order valence-electron chi connectivity index (χ1n) is 7.17. The van der Waals surface area contributed by atoms with E-state index in [1.54, 1.807) is 0 Å². The van der Waals surface area contributed by atoms with Crippen molar-refractivity contribution >= 4 is 11.3 Å². The van der Waals surface area contributed by atoms with Crippen LogP contribution in [-0.4, -0.2) is 29.6 Å². The molecular weight excluding hydrogens is 240 g/mol. The van der Waals surface area contributed by atoms with Gasteiger partial charge in [0.05, 0.1) is 0 Å². The molecule has 104 valence electrons. The second-order valence-corrected chi connectivity index (χ2v) is 5.91. The molecule has 1 aromatic heterocycles. The van der Waals surface area contributed by atoms with Gasteiger partial charge in [0.15, 0.2) is 0 Å². The molecule has 0 aliphatic heterocycles. The van der Waals surface area contributed by atoms with Crippen LogP contribution in [0.4, 0.5) is 0 Å². The van der Waals surface area contributed by atoms with Crippen LogP contribution in [0.15, 0.2) is 17.5 Å². The Kier molecular flexibility index (Phi) is 6.33. The van der Waals surface area contributed by atoms with Crippen molar-refractivity contribution in [3.05, 3.63) is 22.4 Å². The van der Waals surface area contributed by atoms with Crippen LogP contribution < -0.4 is 5.73 Å². The molecule has 0 fully saturated rings. The predicted molar refractivity (Wildman–Crippen MR) is 82.2 cm³/mol. The fraction of sp³-hybridized carbons (Fsp3) is 0.733. The molecule has 2 nitrogen and oxygen atoms in total. The maximum atomic E-state index is 6.58. The van der Waals surface area contributed by atoms with E-state index >= 15 is 0 Å². The minimum Gasteiger partial charge on any atom is -0.326 e. The van der Waals surface area contributed by atoms with E-state index in [1.165, 1.54) is 4.88 Å². The summed E-state index contributed by atoms with van der Waals surface area (Å²) in [7, 11) is 0. The maximum absolute atomic E-state index is 6.58. The lowest BCUT2D eigenvalue weighted by Crippen LogP contribution is -2.60. The van der Waals surface area contributed by atoms with Gasteiger partial charge in [-0.05, 0) is 43.8 Å². The highest BCUT2D eigenvalue weighted by molar-refractivity contribution is 7.09. The van der Waals surface area contributed by atoms with Gasteiger partial charge in [0, 0.05) is 16.5 Å². The second-order valence-electron chi connectivity index (χ2n) is 4.87. The number of nitrogens with zero attached hydrogens (tertiary/aromatic N) is 1. The number of rotatable bonds is 8. The molecule has 1 unspecified atom stereocenters. The molecule has 1 aromatic rings. The third kappa shape index (κ3) is 3.14. The second kappa shape index (κ2) is 7.27. The first-order chi connectivity index (χ1) is 8.64. The fourth-order valence-corrected chi connectivity index (χ4v) is 3.91. The monoisotopic (exact) mass is 268 g/mol. The maximum Gasteiger partial charge on any atom is 0.0358 e. The van der Waals surface area contributed by atoms with Crippen molar-refractivity contribution in [1.82, 2.24) is 4.90 Å². The van der Waals surface area contributed by atoms with Crippen LogP contribution >= 0.6 is 11.3 Å². The Labute approximate surface area is 116 Å². The smallest absolute Gasteiger partial charge is 0.0358 e. The van der Waals surface area contributed by atoms with E-state index in [4.69, 9.17) is 5.73 Å². The van der Waals surface area contributed by atoms with E-state index in [0.29, 0.717) is 0 Å². The summed E-state index contributed by atoms with van der Waals surface area (Å²) < 4.78 is 0. The van der Waals surface area contributed by atoms with Gasteiger partial charge in [-0.1, -0.05) is 33.8 Å². The molecule has 0 aromatic carbocycles. The largest absolute Gasteiger partial charge is 0.326 e. The van der Waals surface area contributed by atoms with E-state index < -0.39 is 0 Å². The normalized spacial score (nSPS) is 14.1. The van der Waals surface area contributed by atoms with Crippen LogP contribution in [0.3, 0.4) is 0 Å². The first-order valence-corrected chi connectivity index (χ1v) is 8.05.